The third-order valence-corrected chi connectivity index (χ3v) is 4.47. The van der Waals surface area contributed by atoms with Crippen LogP contribution in [0.15, 0.2) is 24.3 Å². The van der Waals surface area contributed by atoms with E-state index < -0.39 is 0 Å². The molecule has 0 aromatic heterocycles. The van der Waals surface area contributed by atoms with Crippen LogP contribution in [0.4, 0.5) is 0 Å². The van der Waals surface area contributed by atoms with Crippen LogP contribution < -0.4 is 5.32 Å². The molecule has 1 unspecified atom stereocenters. The lowest BCUT2D eigenvalue weighted by molar-refractivity contribution is -0.133. The van der Waals surface area contributed by atoms with E-state index in [4.69, 9.17) is 11.6 Å². The molecule has 21 heavy (non-hydrogen) atoms. The number of halogens is 1. The van der Waals surface area contributed by atoms with Gasteiger partial charge in [0.05, 0.1) is 6.42 Å². The summed E-state index contributed by atoms with van der Waals surface area (Å²) >= 11 is 6.16. The molecule has 0 bridgehead atoms. The number of nitrogens with one attached hydrogen (secondary N) is 1. The van der Waals surface area contributed by atoms with Gasteiger partial charge in [-0.1, -0.05) is 29.8 Å². The van der Waals surface area contributed by atoms with Crippen molar-refractivity contribution < 1.29 is 4.79 Å². The van der Waals surface area contributed by atoms with Crippen LogP contribution >= 0.6 is 11.6 Å². The van der Waals surface area contributed by atoms with Gasteiger partial charge in [-0.25, -0.2) is 0 Å². The van der Waals surface area contributed by atoms with Gasteiger partial charge < -0.3 is 10.2 Å². The molecule has 1 heterocycles. The number of hydrogen-bond acceptors (Lipinski definition) is 2. The molecule has 2 rings (SSSR count). The van der Waals surface area contributed by atoms with Crippen molar-refractivity contribution in [3.05, 3.63) is 34.9 Å². The van der Waals surface area contributed by atoms with Gasteiger partial charge in [0, 0.05) is 17.6 Å². The highest BCUT2D eigenvalue weighted by atomic mass is 35.5. The zero-order valence-electron chi connectivity index (χ0n) is 12.9. The van der Waals surface area contributed by atoms with Gasteiger partial charge in [0.1, 0.15) is 0 Å². The Hall–Kier alpha value is -1.06. The first-order valence-electron chi connectivity index (χ1n) is 7.81. The van der Waals surface area contributed by atoms with Crippen molar-refractivity contribution in [2.75, 3.05) is 19.6 Å². The average molecular weight is 309 g/mol. The Balaban J connectivity index is 2.00. The van der Waals surface area contributed by atoms with Crippen LogP contribution in [0.3, 0.4) is 0 Å². The number of piperidine rings is 1. The van der Waals surface area contributed by atoms with E-state index in [0.717, 1.165) is 25.2 Å². The molecule has 0 spiro atoms. The minimum absolute atomic E-state index is 0.170. The molecular formula is C17H25ClN2O. The lowest BCUT2D eigenvalue weighted by Gasteiger charge is -2.33. The fourth-order valence-electron chi connectivity index (χ4n) is 2.86. The number of benzene rings is 1. The Morgan fingerprint density at radius 1 is 1.43 bits per heavy atom. The molecule has 0 aliphatic carbocycles. The zero-order chi connectivity index (χ0) is 15.2. The Labute approximate surface area is 132 Å². The summed E-state index contributed by atoms with van der Waals surface area (Å²) in [5.41, 5.74) is 0.914. The number of carbonyl (C=O) groups is 1. The molecule has 1 saturated heterocycles. The van der Waals surface area contributed by atoms with Gasteiger partial charge in [0.15, 0.2) is 0 Å². The highest BCUT2D eigenvalue weighted by Crippen LogP contribution is 2.19. The maximum absolute atomic E-state index is 12.6. The molecule has 1 fully saturated rings. The van der Waals surface area contributed by atoms with Crippen molar-refractivity contribution in [1.82, 2.24) is 10.2 Å². The van der Waals surface area contributed by atoms with Gasteiger partial charge in [-0.3, -0.25) is 4.79 Å². The van der Waals surface area contributed by atoms with E-state index >= 15 is 0 Å². The molecule has 1 atom stereocenters. The summed E-state index contributed by atoms with van der Waals surface area (Å²) in [4.78, 5) is 14.6. The summed E-state index contributed by atoms with van der Waals surface area (Å²) in [5.74, 6) is 0.736. The van der Waals surface area contributed by atoms with Crippen LogP contribution in [-0.4, -0.2) is 36.5 Å². The average Bonchev–Trinajstić information content (AvgIpc) is 2.48. The molecule has 1 N–H and O–H groups in total. The Morgan fingerprint density at radius 2 is 2.19 bits per heavy atom. The topological polar surface area (TPSA) is 32.3 Å². The second-order valence-electron chi connectivity index (χ2n) is 6.12. The van der Waals surface area contributed by atoms with Gasteiger partial charge in [-0.15, -0.1) is 0 Å². The van der Waals surface area contributed by atoms with Gasteiger partial charge in [-0.2, -0.15) is 0 Å². The standard InChI is InChI=1S/C17H25ClN2O/c1-13(2)20(12-14-6-5-9-19-11-14)17(21)10-15-7-3-4-8-16(15)18/h3-4,7-8,13-14,19H,5-6,9-12H2,1-2H3. The van der Waals surface area contributed by atoms with Crippen molar-refractivity contribution in [1.29, 1.82) is 0 Å². The molecule has 0 radical (unpaired) electrons. The molecule has 1 aliphatic heterocycles. The van der Waals surface area contributed by atoms with Crippen LogP contribution in [0.5, 0.6) is 0 Å². The lowest BCUT2D eigenvalue weighted by atomic mass is 9.98. The summed E-state index contributed by atoms with van der Waals surface area (Å²) in [6.45, 7) is 7.13. The van der Waals surface area contributed by atoms with E-state index in [0.29, 0.717) is 17.4 Å². The fourth-order valence-corrected chi connectivity index (χ4v) is 3.07. The van der Waals surface area contributed by atoms with Crippen molar-refractivity contribution >= 4 is 17.5 Å². The number of rotatable bonds is 5. The van der Waals surface area contributed by atoms with Crippen LogP contribution in [0.2, 0.25) is 5.02 Å². The largest absolute Gasteiger partial charge is 0.340 e. The fraction of sp³-hybridized carbons (Fsp3) is 0.588. The molecule has 1 aliphatic rings. The first-order chi connectivity index (χ1) is 10.1. The molecule has 1 aromatic carbocycles. The summed E-state index contributed by atoms with van der Waals surface area (Å²) < 4.78 is 0. The molecule has 3 nitrogen and oxygen atoms in total. The number of hydrogen-bond donors (Lipinski definition) is 1. The monoisotopic (exact) mass is 308 g/mol. The maximum atomic E-state index is 12.6. The van der Waals surface area contributed by atoms with E-state index in [-0.39, 0.29) is 11.9 Å². The van der Waals surface area contributed by atoms with Gasteiger partial charge in [0.2, 0.25) is 5.91 Å². The van der Waals surface area contributed by atoms with Gasteiger partial charge in [0.25, 0.3) is 0 Å². The zero-order valence-corrected chi connectivity index (χ0v) is 13.7. The summed E-state index contributed by atoms with van der Waals surface area (Å²) in [6, 6.07) is 7.82. The minimum atomic E-state index is 0.170. The van der Waals surface area contributed by atoms with Crippen LogP contribution in [0.25, 0.3) is 0 Å². The van der Waals surface area contributed by atoms with E-state index in [9.17, 15) is 4.79 Å². The number of nitrogens with zero attached hydrogens (tertiary/aromatic N) is 1. The Morgan fingerprint density at radius 3 is 2.81 bits per heavy atom. The van der Waals surface area contributed by atoms with Crippen molar-refractivity contribution in [2.24, 2.45) is 5.92 Å². The molecule has 1 amide bonds. The van der Waals surface area contributed by atoms with E-state index in [2.05, 4.69) is 19.2 Å². The van der Waals surface area contributed by atoms with Crippen molar-refractivity contribution in [2.45, 2.75) is 39.2 Å². The normalized spacial score (nSPS) is 18.8. The lowest BCUT2D eigenvalue weighted by Crippen LogP contribution is -2.44. The van der Waals surface area contributed by atoms with Crippen molar-refractivity contribution in [3.63, 3.8) is 0 Å². The predicted molar refractivity (Wildman–Crippen MR) is 87.6 cm³/mol. The number of amides is 1. The first kappa shape index (κ1) is 16.3. The number of carbonyl (C=O) groups excluding carboxylic acids is 1. The quantitative estimate of drug-likeness (QED) is 0.906. The van der Waals surface area contributed by atoms with Crippen LogP contribution in [0, 0.1) is 5.92 Å². The maximum Gasteiger partial charge on any atom is 0.227 e. The molecule has 4 heteroatoms. The summed E-state index contributed by atoms with van der Waals surface area (Å²) in [5, 5.41) is 4.09. The highest BCUT2D eigenvalue weighted by molar-refractivity contribution is 6.31. The first-order valence-corrected chi connectivity index (χ1v) is 8.19. The van der Waals surface area contributed by atoms with Gasteiger partial charge in [-0.05, 0) is 57.3 Å². The third-order valence-electron chi connectivity index (χ3n) is 4.10. The molecule has 116 valence electrons. The molecular weight excluding hydrogens is 284 g/mol. The third kappa shape index (κ3) is 4.72. The second-order valence-corrected chi connectivity index (χ2v) is 6.53. The summed E-state index contributed by atoms with van der Waals surface area (Å²) in [7, 11) is 0. The Bertz CT molecular complexity index is 470. The second kappa shape index (κ2) is 7.81. The predicted octanol–water partition coefficient (Wildman–Crippen LogP) is 3.12. The molecule has 0 saturated carbocycles. The van der Waals surface area contributed by atoms with E-state index in [1.165, 1.54) is 12.8 Å². The van der Waals surface area contributed by atoms with E-state index in [1.807, 2.05) is 29.2 Å². The Kier molecular flexibility index (Phi) is 6.07. The molecule has 1 aromatic rings. The van der Waals surface area contributed by atoms with Crippen LogP contribution in [-0.2, 0) is 11.2 Å². The minimum Gasteiger partial charge on any atom is -0.340 e. The van der Waals surface area contributed by atoms with Gasteiger partial charge >= 0.3 is 0 Å². The smallest absolute Gasteiger partial charge is 0.227 e. The highest BCUT2D eigenvalue weighted by Gasteiger charge is 2.23. The van der Waals surface area contributed by atoms with E-state index in [1.54, 1.807) is 0 Å². The summed E-state index contributed by atoms with van der Waals surface area (Å²) in [6.07, 6.45) is 2.79. The van der Waals surface area contributed by atoms with Crippen LogP contribution in [0.1, 0.15) is 32.3 Å². The van der Waals surface area contributed by atoms with Crippen molar-refractivity contribution in [3.8, 4) is 0 Å². The SMILES string of the molecule is CC(C)N(CC1CCCNC1)C(=O)Cc1ccccc1Cl.